The summed E-state index contributed by atoms with van der Waals surface area (Å²) in [6.45, 7) is 2.38. The maximum absolute atomic E-state index is 11.9. The summed E-state index contributed by atoms with van der Waals surface area (Å²) in [6.07, 6.45) is 2.53. The molecular formula is C18H28IN5O3S. The molecule has 2 unspecified atom stereocenters. The number of benzene rings is 1. The summed E-state index contributed by atoms with van der Waals surface area (Å²) >= 11 is 0. The molecule has 8 nitrogen and oxygen atoms in total. The molecule has 10 heteroatoms. The van der Waals surface area contributed by atoms with Crippen LogP contribution in [0.3, 0.4) is 0 Å². The Morgan fingerprint density at radius 2 is 2.00 bits per heavy atom. The number of sulfonamides is 1. The van der Waals surface area contributed by atoms with Crippen LogP contribution in [-0.2, 0) is 14.8 Å². The Kier molecular flexibility index (Phi) is 8.07. The highest BCUT2D eigenvalue weighted by Gasteiger charge is 2.29. The Labute approximate surface area is 183 Å². The lowest BCUT2D eigenvalue weighted by atomic mass is 9.90. The van der Waals surface area contributed by atoms with Gasteiger partial charge in [-0.15, -0.1) is 24.0 Å². The molecule has 0 aromatic heterocycles. The standard InChI is InChI=1S/C18H27N5O3S.HI/c1-19-18(20-10-13-7-8-23(12-13)27(2,25)26)21-11-14-9-17(24)22-16-6-4-3-5-15(14)16;/h3-6,13-14H,7-12H2,1-2H3,(H,22,24)(H2,19,20,21);1H. The van der Waals surface area contributed by atoms with Crippen LogP contribution in [0.2, 0.25) is 0 Å². The summed E-state index contributed by atoms with van der Waals surface area (Å²) in [4.78, 5) is 16.2. The van der Waals surface area contributed by atoms with Gasteiger partial charge >= 0.3 is 0 Å². The molecule has 2 heterocycles. The number of carbonyl (C=O) groups excluding carboxylic acids is 1. The Bertz CT molecular complexity index is 830. The molecule has 3 N–H and O–H groups in total. The number of rotatable bonds is 5. The first-order valence-corrected chi connectivity index (χ1v) is 11.0. The summed E-state index contributed by atoms with van der Waals surface area (Å²) in [5, 5.41) is 9.47. The van der Waals surface area contributed by atoms with E-state index in [0.717, 1.165) is 17.7 Å². The average Bonchev–Trinajstić information content (AvgIpc) is 3.11. The molecule has 2 aliphatic rings. The summed E-state index contributed by atoms with van der Waals surface area (Å²) in [6, 6.07) is 7.84. The van der Waals surface area contributed by atoms with Gasteiger partial charge in [-0.05, 0) is 24.0 Å². The Morgan fingerprint density at radius 3 is 2.68 bits per heavy atom. The topological polar surface area (TPSA) is 103 Å². The number of aliphatic imine (C=N–C) groups is 1. The zero-order valence-corrected chi connectivity index (χ0v) is 19.3. The molecule has 2 aliphatic heterocycles. The van der Waals surface area contributed by atoms with Gasteiger partial charge in [0.1, 0.15) is 0 Å². The van der Waals surface area contributed by atoms with E-state index in [2.05, 4.69) is 20.9 Å². The number of hydrogen-bond donors (Lipinski definition) is 3. The third-order valence-electron chi connectivity index (χ3n) is 5.12. The highest BCUT2D eigenvalue weighted by molar-refractivity contribution is 14.0. The molecule has 0 bridgehead atoms. The molecule has 3 rings (SSSR count). The van der Waals surface area contributed by atoms with Crippen LogP contribution in [0.4, 0.5) is 5.69 Å². The van der Waals surface area contributed by atoms with E-state index in [0.29, 0.717) is 38.6 Å². The van der Waals surface area contributed by atoms with E-state index in [9.17, 15) is 13.2 Å². The number of fused-ring (bicyclic) bond motifs is 1. The van der Waals surface area contributed by atoms with Gasteiger partial charge in [0.05, 0.1) is 6.26 Å². The van der Waals surface area contributed by atoms with Crippen molar-refractivity contribution in [2.45, 2.75) is 18.8 Å². The second-order valence-electron chi connectivity index (χ2n) is 7.15. The highest BCUT2D eigenvalue weighted by Crippen LogP contribution is 2.31. The summed E-state index contributed by atoms with van der Waals surface area (Å²) in [5.74, 6) is 1.03. The number of nitrogens with one attached hydrogen (secondary N) is 3. The molecule has 1 amide bonds. The first kappa shape index (κ1) is 22.9. The highest BCUT2D eigenvalue weighted by atomic mass is 127. The Balaban J connectivity index is 0.00000280. The van der Waals surface area contributed by atoms with Crippen LogP contribution in [-0.4, -0.2) is 64.1 Å². The summed E-state index contributed by atoms with van der Waals surface area (Å²) in [5.41, 5.74) is 2.00. The number of halogens is 1. The molecule has 1 aromatic rings. The molecule has 1 fully saturated rings. The van der Waals surface area contributed by atoms with Gasteiger partial charge in [0.25, 0.3) is 0 Å². The fourth-order valence-electron chi connectivity index (χ4n) is 3.63. The van der Waals surface area contributed by atoms with E-state index in [1.807, 2.05) is 24.3 Å². The predicted molar refractivity (Wildman–Crippen MR) is 122 cm³/mol. The number of para-hydroxylation sites is 1. The zero-order chi connectivity index (χ0) is 19.4. The molecule has 0 aliphatic carbocycles. The third kappa shape index (κ3) is 5.80. The van der Waals surface area contributed by atoms with Crippen LogP contribution in [0.1, 0.15) is 24.3 Å². The molecule has 1 aromatic carbocycles. The molecule has 156 valence electrons. The van der Waals surface area contributed by atoms with Crippen molar-refractivity contribution in [2.24, 2.45) is 10.9 Å². The number of anilines is 1. The summed E-state index contributed by atoms with van der Waals surface area (Å²) in [7, 11) is -1.41. The van der Waals surface area contributed by atoms with E-state index in [1.165, 1.54) is 10.6 Å². The largest absolute Gasteiger partial charge is 0.356 e. The van der Waals surface area contributed by atoms with Gasteiger partial charge in [0.15, 0.2) is 5.96 Å². The minimum atomic E-state index is -3.12. The molecule has 28 heavy (non-hydrogen) atoms. The number of amides is 1. The quantitative estimate of drug-likeness (QED) is 0.307. The van der Waals surface area contributed by atoms with Crippen LogP contribution in [0.5, 0.6) is 0 Å². The van der Waals surface area contributed by atoms with Crippen LogP contribution >= 0.6 is 24.0 Å². The van der Waals surface area contributed by atoms with E-state index in [4.69, 9.17) is 0 Å². The van der Waals surface area contributed by atoms with Crippen molar-refractivity contribution in [1.29, 1.82) is 0 Å². The predicted octanol–water partition coefficient (Wildman–Crippen LogP) is 1.18. The van der Waals surface area contributed by atoms with Crippen molar-refractivity contribution in [3.05, 3.63) is 29.8 Å². The van der Waals surface area contributed by atoms with Crippen molar-refractivity contribution in [2.75, 3.05) is 44.8 Å². The first-order valence-electron chi connectivity index (χ1n) is 9.15. The van der Waals surface area contributed by atoms with Crippen molar-refractivity contribution < 1.29 is 13.2 Å². The van der Waals surface area contributed by atoms with Crippen LogP contribution < -0.4 is 16.0 Å². The fraction of sp³-hybridized carbons (Fsp3) is 0.556. The number of nitrogens with zero attached hydrogens (tertiary/aromatic N) is 2. The maximum Gasteiger partial charge on any atom is 0.225 e. The minimum absolute atomic E-state index is 0. The van der Waals surface area contributed by atoms with Gasteiger partial charge in [-0.25, -0.2) is 12.7 Å². The molecule has 0 radical (unpaired) electrons. The Hall–Kier alpha value is -1.40. The van der Waals surface area contributed by atoms with E-state index >= 15 is 0 Å². The molecule has 2 atom stereocenters. The average molecular weight is 521 g/mol. The Morgan fingerprint density at radius 1 is 1.29 bits per heavy atom. The monoisotopic (exact) mass is 521 g/mol. The van der Waals surface area contributed by atoms with Gasteiger partial charge in [-0.3, -0.25) is 9.79 Å². The number of guanidine groups is 1. The van der Waals surface area contributed by atoms with Gasteiger partial charge in [-0.2, -0.15) is 0 Å². The molecule has 0 saturated carbocycles. The lowest BCUT2D eigenvalue weighted by Gasteiger charge is -2.26. The van der Waals surface area contributed by atoms with Gasteiger partial charge in [0.2, 0.25) is 15.9 Å². The maximum atomic E-state index is 11.9. The summed E-state index contributed by atoms with van der Waals surface area (Å²) < 4.78 is 24.8. The van der Waals surface area contributed by atoms with Crippen molar-refractivity contribution in [3.63, 3.8) is 0 Å². The van der Waals surface area contributed by atoms with Crippen molar-refractivity contribution >= 4 is 51.6 Å². The second-order valence-corrected chi connectivity index (χ2v) is 9.13. The van der Waals surface area contributed by atoms with Gasteiger partial charge in [0, 0.05) is 51.3 Å². The second kappa shape index (κ2) is 9.88. The third-order valence-corrected chi connectivity index (χ3v) is 6.39. The zero-order valence-electron chi connectivity index (χ0n) is 16.1. The van der Waals surface area contributed by atoms with Crippen LogP contribution in [0, 0.1) is 5.92 Å². The van der Waals surface area contributed by atoms with Crippen LogP contribution in [0.15, 0.2) is 29.3 Å². The van der Waals surface area contributed by atoms with E-state index < -0.39 is 10.0 Å². The van der Waals surface area contributed by atoms with E-state index in [1.54, 1.807) is 7.05 Å². The van der Waals surface area contributed by atoms with E-state index in [-0.39, 0.29) is 41.7 Å². The van der Waals surface area contributed by atoms with Gasteiger partial charge < -0.3 is 16.0 Å². The van der Waals surface area contributed by atoms with Crippen molar-refractivity contribution in [3.8, 4) is 0 Å². The molecular weight excluding hydrogens is 493 g/mol. The smallest absolute Gasteiger partial charge is 0.225 e. The molecule has 0 spiro atoms. The molecule has 1 saturated heterocycles. The number of carbonyl (C=O) groups is 1. The normalized spacial score (nSPS) is 22.8. The lowest BCUT2D eigenvalue weighted by molar-refractivity contribution is -0.116. The fourth-order valence-corrected chi connectivity index (χ4v) is 4.55. The minimum Gasteiger partial charge on any atom is -0.356 e. The van der Waals surface area contributed by atoms with Crippen molar-refractivity contribution in [1.82, 2.24) is 14.9 Å². The van der Waals surface area contributed by atoms with Gasteiger partial charge in [-0.1, -0.05) is 18.2 Å². The van der Waals surface area contributed by atoms with Crippen LogP contribution in [0.25, 0.3) is 0 Å². The lowest BCUT2D eigenvalue weighted by Crippen LogP contribution is -2.42. The SMILES string of the molecule is CN=C(NCC1CCN(S(C)(=O)=O)C1)NCC1CC(=O)Nc2ccccc21.I. The first-order chi connectivity index (χ1) is 12.9. The number of hydrogen-bond acceptors (Lipinski definition) is 4.